The number of carbonyl (C=O) groups excluding carboxylic acids is 1. The van der Waals surface area contributed by atoms with Crippen LogP contribution in [0.3, 0.4) is 0 Å². The van der Waals surface area contributed by atoms with E-state index in [1.807, 2.05) is 38.1 Å². The van der Waals surface area contributed by atoms with Crippen molar-refractivity contribution in [3.8, 4) is 17.2 Å². The SMILES string of the molecule is Cc1ncnc(C)c1-c1ccc(C[n+]2cc([N-]C(=O)Nc3ccc(C#N)c(C(F)(F)F)c3)on2)cc1. The minimum Gasteiger partial charge on any atom is -0.424 e. The summed E-state index contributed by atoms with van der Waals surface area (Å²) in [6.45, 7) is 4.16. The molecular weight excluding hydrogens is 475 g/mol. The van der Waals surface area contributed by atoms with Crippen molar-refractivity contribution in [2.75, 3.05) is 5.32 Å². The number of anilines is 1. The van der Waals surface area contributed by atoms with Crippen LogP contribution in [0.25, 0.3) is 16.4 Å². The van der Waals surface area contributed by atoms with Gasteiger partial charge in [-0.05, 0) is 41.9 Å². The van der Waals surface area contributed by atoms with Crippen molar-refractivity contribution < 1.29 is 27.2 Å². The van der Waals surface area contributed by atoms with Crippen LogP contribution in [0.4, 0.5) is 29.5 Å². The molecule has 0 aliphatic heterocycles. The van der Waals surface area contributed by atoms with Gasteiger partial charge in [0.15, 0.2) is 11.3 Å². The first kappa shape index (κ1) is 24.3. The summed E-state index contributed by atoms with van der Waals surface area (Å²) in [6, 6.07) is 11.0. The van der Waals surface area contributed by atoms with Crippen molar-refractivity contribution >= 4 is 17.6 Å². The Morgan fingerprint density at radius 1 is 1.14 bits per heavy atom. The highest BCUT2D eigenvalue weighted by Gasteiger charge is 2.33. The molecule has 0 unspecified atom stereocenters. The van der Waals surface area contributed by atoms with E-state index in [0.29, 0.717) is 12.6 Å². The zero-order valence-corrected chi connectivity index (χ0v) is 19.0. The first-order valence-electron chi connectivity index (χ1n) is 10.5. The molecule has 0 spiro atoms. The fraction of sp³-hybridized carbons (Fsp3) is 0.167. The van der Waals surface area contributed by atoms with Crippen molar-refractivity contribution in [1.82, 2.24) is 15.2 Å². The molecular formula is C24H18F3N7O2. The van der Waals surface area contributed by atoms with Crippen LogP contribution in [0.5, 0.6) is 0 Å². The number of nitriles is 1. The quantitative estimate of drug-likeness (QED) is 0.381. The molecule has 4 aromatic rings. The van der Waals surface area contributed by atoms with Gasteiger partial charge in [0.05, 0.1) is 17.2 Å². The summed E-state index contributed by atoms with van der Waals surface area (Å²) in [7, 11) is 0. The van der Waals surface area contributed by atoms with E-state index in [4.69, 9.17) is 9.78 Å². The van der Waals surface area contributed by atoms with Gasteiger partial charge in [-0.1, -0.05) is 30.3 Å². The molecule has 0 atom stereocenters. The number of halogens is 3. The number of amides is 2. The number of nitrogens with zero attached hydrogens (tertiary/aromatic N) is 6. The highest BCUT2D eigenvalue weighted by Crippen LogP contribution is 2.34. The van der Waals surface area contributed by atoms with Crippen LogP contribution >= 0.6 is 0 Å². The zero-order valence-electron chi connectivity index (χ0n) is 19.0. The normalized spacial score (nSPS) is 11.1. The monoisotopic (exact) mass is 493 g/mol. The highest BCUT2D eigenvalue weighted by atomic mass is 19.4. The van der Waals surface area contributed by atoms with Gasteiger partial charge in [-0.25, -0.2) is 9.97 Å². The molecule has 0 saturated carbocycles. The van der Waals surface area contributed by atoms with Gasteiger partial charge >= 0.3 is 6.18 Å². The lowest BCUT2D eigenvalue weighted by Crippen LogP contribution is -2.35. The second kappa shape index (κ2) is 9.83. The van der Waals surface area contributed by atoms with E-state index in [9.17, 15) is 18.0 Å². The van der Waals surface area contributed by atoms with E-state index in [-0.39, 0.29) is 11.6 Å². The maximum Gasteiger partial charge on any atom is 0.417 e. The fourth-order valence-corrected chi connectivity index (χ4v) is 3.57. The predicted octanol–water partition coefficient (Wildman–Crippen LogP) is 5.21. The molecule has 36 heavy (non-hydrogen) atoms. The summed E-state index contributed by atoms with van der Waals surface area (Å²) in [6.07, 6.45) is -1.84. The number of urea groups is 1. The molecule has 0 bridgehead atoms. The van der Waals surface area contributed by atoms with Gasteiger partial charge in [0, 0.05) is 22.5 Å². The molecule has 0 radical (unpaired) electrons. The predicted molar refractivity (Wildman–Crippen MR) is 121 cm³/mol. The average Bonchev–Trinajstić information content (AvgIpc) is 3.25. The van der Waals surface area contributed by atoms with Gasteiger partial charge in [-0.2, -0.15) is 18.4 Å². The Hall–Kier alpha value is -4.79. The van der Waals surface area contributed by atoms with Crippen molar-refractivity contribution in [2.45, 2.75) is 26.6 Å². The van der Waals surface area contributed by atoms with Crippen LogP contribution in [0.1, 0.15) is 28.1 Å². The largest absolute Gasteiger partial charge is 0.424 e. The third kappa shape index (κ3) is 5.47. The molecule has 2 aromatic carbocycles. The number of aryl methyl sites for hydroxylation is 2. The van der Waals surface area contributed by atoms with Crippen molar-refractivity contribution in [1.29, 1.82) is 5.26 Å². The maximum atomic E-state index is 13.1. The number of hydrogen-bond acceptors (Lipinski definition) is 6. The molecule has 0 aliphatic carbocycles. The van der Waals surface area contributed by atoms with Gasteiger partial charge in [0.2, 0.25) is 18.6 Å². The Morgan fingerprint density at radius 3 is 2.47 bits per heavy atom. The summed E-state index contributed by atoms with van der Waals surface area (Å²) in [5.41, 5.74) is 2.72. The van der Waals surface area contributed by atoms with Gasteiger partial charge in [-0.15, -0.1) is 0 Å². The Bertz CT molecular complexity index is 1440. The lowest BCUT2D eigenvalue weighted by atomic mass is 10.0. The summed E-state index contributed by atoms with van der Waals surface area (Å²) in [4.78, 5) is 20.6. The number of rotatable bonds is 5. The third-order valence-electron chi connectivity index (χ3n) is 5.22. The first-order chi connectivity index (χ1) is 17.1. The molecule has 182 valence electrons. The highest BCUT2D eigenvalue weighted by molar-refractivity contribution is 6.03. The van der Waals surface area contributed by atoms with Gasteiger partial charge in [0.1, 0.15) is 6.33 Å². The number of benzene rings is 2. The van der Waals surface area contributed by atoms with Crippen LogP contribution < -0.4 is 10.00 Å². The summed E-state index contributed by atoms with van der Waals surface area (Å²) in [5, 5.41) is 18.6. The van der Waals surface area contributed by atoms with E-state index in [1.54, 1.807) is 0 Å². The molecule has 4 rings (SSSR count). The molecule has 9 nitrogen and oxygen atoms in total. The Kier molecular flexibility index (Phi) is 6.64. The van der Waals surface area contributed by atoms with E-state index in [1.165, 1.54) is 29.3 Å². The Labute approximate surface area is 203 Å². The van der Waals surface area contributed by atoms with Crippen LogP contribution in [0, 0.1) is 25.2 Å². The van der Waals surface area contributed by atoms with Crippen LogP contribution in [0.2, 0.25) is 0 Å². The molecule has 1 N–H and O–H groups in total. The van der Waals surface area contributed by atoms with E-state index >= 15 is 0 Å². The smallest absolute Gasteiger partial charge is 0.417 e. The second-order valence-corrected chi connectivity index (χ2v) is 7.77. The summed E-state index contributed by atoms with van der Waals surface area (Å²) in [5.74, 6) is -0.138. The van der Waals surface area contributed by atoms with Crippen LogP contribution in [-0.4, -0.2) is 21.3 Å². The Morgan fingerprint density at radius 2 is 1.83 bits per heavy atom. The van der Waals surface area contributed by atoms with E-state index < -0.39 is 23.3 Å². The lowest BCUT2D eigenvalue weighted by Gasteiger charge is -2.16. The van der Waals surface area contributed by atoms with E-state index in [2.05, 4.69) is 25.9 Å². The molecule has 0 saturated heterocycles. The standard InChI is InChI=1S/C24H18F3N7O2/c1-14-22(15(2)30-13-29-14)17-5-3-16(4-6-17)11-34-12-21(36-33-34)32-23(35)31-19-8-7-18(10-28)20(9-19)24(25,26)27/h3-9,12-13H,11H2,1-2H3,(H-,31,32,33,35). The molecule has 0 aliphatic rings. The lowest BCUT2D eigenvalue weighted by molar-refractivity contribution is -0.754. The first-order valence-corrected chi connectivity index (χ1v) is 10.5. The van der Waals surface area contributed by atoms with Crippen molar-refractivity contribution in [3.05, 3.63) is 88.4 Å². The van der Waals surface area contributed by atoms with Crippen LogP contribution in [-0.2, 0) is 12.7 Å². The second-order valence-electron chi connectivity index (χ2n) is 7.77. The van der Waals surface area contributed by atoms with Gasteiger partial charge < -0.3 is 15.2 Å². The topological polar surface area (TPSA) is 123 Å². The molecule has 2 heterocycles. The van der Waals surface area contributed by atoms with Crippen molar-refractivity contribution in [2.24, 2.45) is 0 Å². The number of nitrogens with one attached hydrogen (secondary N) is 1. The van der Waals surface area contributed by atoms with Gasteiger partial charge in [-0.3, -0.25) is 4.79 Å². The molecule has 0 fully saturated rings. The maximum absolute atomic E-state index is 13.1. The Balaban J connectivity index is 1.40. The van der Waals surface area contributed by atoms with Crippen LogP contribution in [0.15, 0.2) is 59.5 Å². The number of carbonyl (C=O) groups is 1. The molecule has 12 heteroatoms. The average molecular weight is 493 g/mol. The number of alkyl halides is 3. The third-order valence-corrected chi connectivity index (χ3v) is 5.22. The minimum absolute atomic E-state index is 0.138. The van der Waals surface area contributed by atoms with Gasteiger partial charge in [0.25, 0.3) is 0 Å². The van der Waals surface area contributed by atoms with Crippen molar-refractivity contribution in [3.63, 3.8) is 0 Å². The summed E-state index contributed by atoms with van der Waals surface area (Å²) >= 11 is 0. The molecule has 2 aromatic heterocycles. The molecule has 2 amide bonds. The number of aromatic nitrogens is 4. The van der Waals surface area contributed by atoms with E-state index in [0.717, 1.165) is 34.1 Å². The fourth-order valence-electron chi connectivity index (χ4n) is 3.57. The zero-order chi connectivity index (χ0) is 25.9. The summed E-state index contributed by atoms with van der Waals surface area (Å²) < 4.78 is 45.8. The minimum atomic E-state index is -4.75. The number of hydrogen-bond donors (Lipinski definition) is 1.